The number of hydrogen-bond acceptors (Lipinski definition) is 3. The van der Waals surface area contributed by atoms with Gasteiger partial charge in [-0.1, -0.05) is 43.5 Å². The zero-order valence-corrected chi connectivity index (χ0v) is 15.3. The van der Waals surface area contributed by atoms with E-state index < -0.39 is 0 Å². The molecule has 0 bridgehead atoms. The Morgan fingerprint density at radius 3 is 2.56 bits per heavy atom. The summed E-state index contributed by atoms with van der Waals surface area (Å²) in [6.07, 6.45) is 3.27. The van der Waals surface area contributed by atoms with Gasteiger partial charge in [0.2, 0.25) is 5.78 Å². The molecule has 0 aliphatic carbocycles. The maximum atomic E-state index is 12.5. The van der Waals surface area contributed by atoms with E-state index >= 15 is 0 Å². The number of rotatable bonds is 6. The van der Waals surface area contributed by atoms with Crippen molar-refractivity contribution in [2.24, 2.45) is 0 Å². The van der Waals surface area contributed by atoms with Crippen molar-refractivity contribution in [1.29, 1.82) is 0 Å². The summed E-state index contributed by atoms with van der Waals surface area (Å²) < 4.78 is 3.57. The summed E-state index contributed by atoms with van der Waals surface area (Å²) in [5, 5.41) is 10.5. The molecule has 2 heterocycles. The lowest BCUT2D eigenvalue weighted by Crippen LogP contribution is -2.21. The Morgan fingerprint density at radius 2 is 1.92 bits per heavy atom. The van der Waals surface area contributed by atoms with E-state index in [0.29, 0.717) is 22.2 Å². The van der Waals surface area contributed by atoms with Crippen molar-refractivity contribution in [3.05, 3.63) is 57.1 Å². The van der Waals surface area contributed by atoms with Crippen molar-refractivity contribution in [2.75, 3.05) is 0 Å². The summed E-state index contributed by atoms with van der Waals surface area (Å²) in [4.78, 5) is 17.2. The third-order valence-electron chi connectivity index (χ3n) is 4.43. The Labute approximate surface area is 151 Å². The quantitative estimate of drug-likeness (QED) is 0.681. The van der Waals surface area contributed by atoms with Gasteiger partial charge in [-0.15, -0.1) is 0 Å². The summed E-state index contributed by atoms with van der Waals surface area (Å²) in [5.74, 6) is 0.579. The number of imidazole rings is 1. The number of unbranched alkanes of at least 4 members (excludes halogenated alkanes) is 2. The second-order valence-electron chi connectivity index (χ2n) is 6.19. The summed E-state index contributed by atoms with van der Waals surface area (Å²) in [5.41, 5.74) is 2.66. The first-order valence-corrected chi connectivity index (χ1v) is 8.93. The number of nitrogens with zero attached hydrogens (tertiary/aromatic N) is 3. The summed E-state index contributed by atoms with van der Waals surface area (Å²) >= 11 is 5.96. The standard InChI is InChI=1S/C19H22ClN3O2/c1-3-4-5-10-22-13(2)11-17(25)23-16(12-24)18(21-19(22)23)14-6-8-15(20)9-7-14/h6-9,11,24H,3-5,10,12H2,1-2H3. The molecular weight excluding hydrogens is 338 g/mol. The van der Waals surface area contributed by atoms with Crippen LogP contribution in [0.4, 0.5) is 0 Å². The smallest absolute Gasteiger partial charge is 0.259 e. The molecule has 1 N–H and O–H groups in total. The maximum Gasteiger partial charge on any atom is 0.259 e. The molecule has 3 rings (SSSR count). The van der Waals surface area contributed by atoms with E-state index in [2.05, 4.69) is 11.5 Å². The lowest BCUT2D eigenvalue weighted by atomic mass is 10.1. The molecular formula is C19H22ClN3O2. The van der Waals surface area contributed by atoms with Gasteiger partial charge in [0.25, 0.3) is 5.56 Å². The maximum absolute atomic E-state index is 12.5. The number of aliphatic hydroxyl groups excluding tert-OH is 1. The molecule has 0 spiro atoms. The first-order valence-electron chi connectivity index (χ1n) is 8.55. The third kappa shape index (κ3) is 3.34. The van der Waals surface area contributed by atoms with Crippen LogP contribution in [-0.4, -0.2) is 19.1 Å². The molecule has 132 valence electrons. The Hall–Kier alpha value is -2.11. The number of aryl methyl sites for hydroxylation is 2. The van der Waals surface area contributed by atoms with Crippen LogP contribution in [0.2, 0.25) is 5.02 Å². The van der Waals surface area contributed by atoms with E-state index in [1.165, 1.54) is 4.40 Å². The van der Waals surface area contributed by atoms with Crippen LogP contribution in [0, 0.1) is 6.92 Å². The van der Waals surface area contributed by atoms with Crippen molar-refractivity contribution in [3.63, 3.8) is 0 Å². The van der Waals surface area contributed by atoms with Gasteiger partial charge >= 0.3 is 0 Å². The monoisotopic (exact) mass is 359 g/mol. The SMILES string of the molecule is CCCCCn1c(C)cc(=O)n2c(CO)c(-c3ccc(Cl)cc3)nc12. The van der Waals surface area contributed by atoms with Gasteiger partial charge < -0.3 is 9.67 Å². The topological polar surface area (TPSA) is 59.5 Å². The Kier molecular flexibility index (Phi) is 5.25. The van der Waals surface area contributed by atoms with Gasteiger partial charge in [-0.25, -0.2) is 9.38 Å². The first-order chi connectivity index (χ1) is 12.1. The van der Waals surface area contributed by atoms with Crippen molar-refractivity contribution in [1.82, 2.24) is 14.0 Å². The first kappa shape index (κ1) is 17.7. The fourth-order valence-electron chi connectivity index (χ4n) is 3.11. The zero-order chi connectivity index (χ0) is 18.0. The minimum atomic E-state index is -0.258. The van der Waals surface area contributed by atoms with E-state index in [1.807, 2.05) is 19.1 Å². The van der Waals surface area contributed by atoms with Gasteiger partial charge in [0.1, 0.15) is 0 Å². The number of fused-ring (bicyclic) bond motifs is 1. The number of benzene rings is 1. The summed E-state index contributed by atoms with van der Waals surface area (Å²) in [7, 11) is 0. The predicted octanol–water partition coefficient (Wildman–Crippen LogP) is 3.81. The average Bonchev–Trinajstić information content (AvgIpc) is 2.98. The molecule has 6 heteroatoms. The van der Waals surface area contributed by atoms with Gasteiger partial charge in [0.15, 0.2) is 0 Å². The van der Waals surface area contributed by atoms with Crippen LogP contribution < -0.4 is 5.56 Å². The normalized spacial score (nSPS) is 11.4. The third-order valence-corrected chi connectivity index (χ3v) is 4.68. The van der Waals surface area contributed by atoms with Crippen LogP contribution in [0.5, 0.6) is 0 Å². The molecule has 0 fully saturated rings. The van der Waals surface area contributed by atoms with Crippen LogP contribution >= 0.6 is 11.6 Å². The zero-order valence-electron chi connectivity index (χ0n) is 14.5. The number of aromatic nitrogens is 3. The molecule has 0 unspecified atom stereocenters. The van der Waals surface area contributed by atoms with E-state index in [9.17, 15) is 9.90 Å². The van der Waals surface area contributed by atoms with Crippen molar-refractivity contribution in [3.8, 4) is 11.3 Å². The van der Waals surface area contributed by atoms with Gasteiger partial charge in [0, 0.05) is 28.9 Å². The highest BCUT2D eigenvalue weighted by Gasteiger charge is 2.18. The van der Waals surface area contributed by atoms with Gasteiger partial charge in [0.05, 0.1) is 18.0 Å². The molecule has 3 aromatic rings. The number of hydrogen-bond donors (Lipinski definition) is 1. The van der Waals surface area contributed by atoms with E-state index in [0.717, 1.165) is 37.1 Å². The van der Waals surface area contributed by atoms with Gasteiger partial charge in [-0.05, 0) is 25.5 Å². The number of halogens is 1. The fraction of sp³-hybridized carbons (Fsp3) is 0.368. The molecule has 5 nitrogen and oxygen atoms in total. The molecule has 0 aliphatic heterocycles. The molecule has 0 radical (unpaired) electrons. The molecule has 0 aliphatic rings. The van der Waals surface area contributed by atoms with Crippen LogP contribution in [0.3, 0.4) is 0 Å². The molecule has 1 aromatic carbocycles. The van der Waals surface area contributed by atoms with Crippen LogP contribution in [0.15, 0.2) is 35.1 Å². The Morgan fingerprint density at radius 1 is 1.20 bits per heavy atom. The lowest BCUT2D eigenvalue weighted by Gasteiger charge is -2.12. The van der Waals surface area contributed by atoms with E-state index in [1.54, 1.807) is 18.2 Å². The lowest BCUT2D eigenvalue weighted by molar-refractivity contribution is 0.276. The van der Waals surface area contributed by atoms with E-state index in [4.69, 9.17) is 16.6 Å². The molecule has 0 atom stereocenters. The molecule has 0 saturated carbocycles. The molecule has 0 saturated heterocycles. The highest BCUT2D eigenvalue weighted by atomic mass is 35.5. The average molecular weight is 360 g/mol. The van der Waals surface area contributed by atoms with Gasteiger partial charge in [-0.3, -0.25) is 4.79 Å². The minimum Gasteiger partial charge on any atom is -0.390 e. The van der Waals surface area contributed by atoms with Crippen molar-refractivity contribution >= 4 is 17.4 Å². The van der Waals surface area contributed by atoms with Crippen LogP contribution in [0.25, 0.3) is 17.0 Å². The minimum absolute atomic E-state index is 0.170. The van der Waals surface area contributed by atoms with Crippen molar-refractivity contribution in [2.45, 2.75) is 46.3 Å². The molecule has 2 aromatic heterocycles. The second kappa shape index (κ2) is 7.42. The summed E-state index contributed by atoms with van der Waals surface area (Å²) in [6.45, 7) is 4.62. The van der Waals surface area contributed by atoms with Crippen LogP contribution in [-0.2, 0) is 13.2 Å². The second-order valence-corrected chi connectivity index (χ2v) is 6.63. The Balaban J connectivity index is 2.22. The largest absolute Gasteiger partial charge is 0.390 e. The van der Waals surface area contributed by atoms with E-state index in [-0.39, 0.29) is 12.2 Å². The fourth-order valence-corrected chi connectivity index (χ4v) is 3.24. The van der Waals surface area contributed by atoms with Crippen LogP contribution in [0.1, 0.15) is 37.6 Å². The predicted molar refractivity (Wildman–Crippen MR) is 100 cm³/mol. The van der Waals surface area contributed by atoms with Crippen molar-refractivity contribution < 1.29 is 5.11 Å². The number of aliphatic hydroxyl groups is 1. The Bertz CT molecular complexity index is 942. The van der Waals surface area contributed by atoms with Gasteiger partial charge in [-0.2, -0.15) is 0 Å². The molecule has 0 amide bonds. The highest BCUT2D eigenvalue weighted by Crippen LogP contribution is 2.25. The molecule has 25 heavy (non-hydrogen) atoms. The highest BCUT2D eigenvalue weighted by molar-refractivity contribution is 6.30. The summed E-state index contributed by atoms with van der Waals surface area (Å²) in [6, 6.07) is 8.86.